The molecule has 0 fully saturated rings. The number of carbonyl (C=O) groups is 1. The number of hydrogen-bond donors (Lipinski definition) is 0. The van der Waals surface area contributed by atoms with Crippen LogP contribution in [0, 0.1) is 5.82 Å². The quantitative estimate of drug-likeness (QED) is 0.543. The van der Waals surface area contributed by atoms with Crippen LogP contribution >= 0.6 is 0 Å². The summed E-state index contributed by atoms with van der Waals surface area (Å²) in [5.74, 6) is -0.497. The highest BCUT2D eigenvalue weighted by Gasteiger charge is 2.11. The van der Waals surface area contributed by atoms with E-state index in [0.29, 0.717) is 22.3 Å². The SMILES string of the molecule is COc1ccc2c(COC(=O)c3ccc(F)cc3)cc(=O)oc2c1. The van der Waals surface area contributed by atoms with E-state index in [1.807, 2.05) is 0 Å². The zero-order chi connectivity index (χ0) is 17.1. The summed E-state index contributed by atoms with van der Waals surface area (Å²) >= 11 is 0. The zero-order valence-electron chi connectivity index (χ0n) is 12.7. The van der Waals surface area contributed by atoms with E-state index in [2.05, 4.69) is 0 Å². The first kappa shape index (κ1) is 15.7. The Bertz CT molecular complexity index is 944. The number of fused-ring (bicyclic) bond motifs is 1. The Hall–Kier alpha value is -3.15. The number of ether oxygens (including phenoxy) is 2. The maximum atomic E-state index is 12.9. The Balaban J connectivity index is 1.85. The van der Waals surface area contributed by atoms with Crippen molar-refractivity contribution >= 4 is 16.9 Å². The molecule has 0 spiro atoms. The van der Waals surface area contributed by atoms with Crippen LogP contribution in [0.25, 0.3) is 11.0 Å². The van der Waals surface area contributed by atoms with Crippen molar-refractivity contribution in [3.8, 4) is 5.75 Å². The Morgan fingerprint density at radius 1 is 1.12 bits per heavy atom. The van der Waals surface area contributed by atoms with Gasteiger partial charge in [0.2, 0.25) is 0 Å². The maximum Gasteiger partial charge on any atom is 0.338 e. The van der Waals surface area contributed by atoms with Crippen LogP contribution in [0.1, 0.15) is 15.9 Å². The van der Waals surface area contributed by atoms with E-state index in [0.717, 1.165) is 0 Å². The van der Waals surface area contributed by atoms with Gasteiger partial charge in [0.25, 0.3) is 0 Å². The van der Waals surface area contributed by atoms with Gasteiger partial charge in [-0.25, -0.2) is 14.0 Å². The fourth-order valence-corrected chi connectivity index (χ4v) is 2.27. The summed E-state index contributed by atoms with van der Waals surface area (Å²) in [5, 5.41) is 0.641. The second kappa shape index (κ2) is 6.54. The summed E-state index contributed by atoms with van der Waals surface area (Å²) in [4.78, 5) is 23.7. The van der Waals surface area contributed by atoms with Crippen molar-refractivity contribution in [3.63, 3.8) is 0 Å². The lowest BCUT2D eigenvalue weighted by Gasteiger charge is -2.08. The van der Waals surface area contributed by atoms with Crippen LogP contribution in [-0.4, -0.2) is 13.1 Å². The molecule has 3 rings (SSSR count). The minimum absolute atomic E-state index is 0.107. The second-order valence-electron chi connectivity index (χ2n) is 5.04. The molecule has 0 saturated heterocycles. The lowest BCUT2D eigenvalue weighted by atomic mass is 10.1. The lowest BCUT2D eigenvalue weighted by Crippen LogP contribution is -2.08. The standard InChI is InChI=1S/C18H13FO5/c1-22-14-6-7-15-12(8-17(20)24-16(15)9-14)10-23-18(21)11-2-4-13(19)5-3-11/h2-9H,10H2,1H3. The number of rotatable bonds is 4. The molecule has 0 N–H and O–H groups in total. The smallest absolute Gasteiger partial charge is 0.338 e. The average molecular weight is 328 g/mol. The lowest BCUT2D eigenvalue weighted by molar-refractivity contribution is 0.0474. The molecule has 2 aromatic carbocycles. The first-order chi connectivity index (χ1) is 11.6. The minimum atomic E-state index is -0.607. The Labute approximate surface area is 136 Å². The maximum absolute atomic E-state index is 12.9. The van der Waals surface area contributed by atoms with Crippen molar-refractivity contribution in [1.29, 1.82) is 0 Å². The number of esters is 1. The summed E-state index contributed by atoms with van der Waals surface area (Å²) in [6, 6.07) is 11.3. The van der Waals surface area contributed by atoms with Gasteiger partial charge in [-0.05, 0) is 36.4 Å². The topological polar surface area (TPSA) is 65.7 Å². The molecule has 0 saturated carbocycles. The van der Waals surface area contributed by atoms with Crippen molar-refractivity contribution in [1.82, 2.24) is 0 Å². The minimum Gasteiger partial charge on any atom is -0.497 e. The van der Waals surface area contributed by atoms with E-state index in [4.69, 9.17) is 13.9 Å². The second-order valence-corrected chi connectivity index (χ2v) is 5.04. The van der Waals surface area contributed by atoms with Crippen molar-refractivity contribution in [3.05, 3.63) is 75.9 Å². The van der Waals surface area contributed by atoms with Crippen molar-refractivity contribution in [2.24, 2.45) is 0 Å². The van der Waals surface area contributed by atoms with Crippen LogP contribution in [0.3, 0.4) is 0 Å². The molecule has 24 heavy (non-hydrogen) atoms. The van der Waals surface area contributed by atoms with Crippen molar-refractivity contribution in [2.45, 2.75) is 6.61 Å². The number of carbonyl (C=O) groups excluding carboxylic acids is 1. The molecular weight excluding hydrogens is 315 g/mol. The van der Waals surface area contributed by atoms with Crippen LogP contribution in [0.15, 0.2) is 57.7 Å². The Morgan fingerprint density at radius 2 is 1.88 bits per heavy atom. The third-order valence-electron chi connectivity index (χ3n) is 3.48. The summed E-state index contributed by atoms with van der Waals surface area (Å²) in [6.07, 6.45) is 0. The summed E-state index contributed by atoms with van der Waals surface area (Å²) < 4.78 is 28.3. The van der Waals surface area contributed by atoms with Gasteiger partial charge in [0.05, 0.1) is 12.7 Å². The zero-order valence-corrected chi connectivity index (χ0v) is 12.7. The highest BCUT2D eigenvalue weighted by molar-refractivity contribution is 5.89. The third-order valence-corrected chi connectivity index (χ3v) is 3.48. The largest absolute Gasteiger partial charge is 0.497 e. The summed E-state index contributed by atoms with van der Waals surface area (Å²) in [7, 11) is 1.51. The molecule has 122 valence electrons. The molecule has 5 nitrogen and oxygen atoms in total. The molecule has 0 aliphatic rings. The van der Waals surface area contributed by atoms with E-state index in [1.54, 1.807) is 18.2 Å². The average Bonchev–Trinajstić information content (AvgIpc) is 2.59. The van der Waals surface area contributed by atoms with Gasteiger partial charge < -0.3 is 13.9 Å². The van der Waals surface area contributed by atoms with Gasteiger partial charge in [0.15, 0.2) is 0 Å². The van der Waals surface area contributed by atoms with E-state index >= 15 is 0 Å². The Morgan fingerprint density at radius 3 is 2.58 bits per heavy atom. The van der Waals surface area contributed by atoms with E-state index in [9.17, 15) is 14.0 Å². The molecule has 0 aliphatic heterocycles. The molecular formula is C18H13FO5. The molecule has 0 atom stereocenters. The van der Waals surface area contributed by atoms with Crippen LogP contribution in [0.2, 0.25) is 0 Å². The summed E-state index contributed by atoms with van der Waals surface area (Å²) in [5.41, 5.74) is 0.531. The molecule has 1 heterocycles. The first-order valence-corrected chi connectivity index (χ1v) is 7.10. The fraction of sp³-hybridized carbons (Fsp3) is 0.111. The van der Waals surface area contributed by atoms with Crippen LogP contribution in [0.4, 0.5) is 4.39 Å². The molecule has 0 radical (unpaired) electrons. The first-order valence-electron chi connectivity index (χ1n) is 7.10. The van der Waals surface area contributed by atoms with E-state index in [1.165, 1.54) is 37.4 Å². The normalized spacial score (nSPS) is 10.6. The predicted octanol–water partition coefficient (Wildman–Crippen LogP) is 3.30. The molecule has 6 heteroatoms. The Kier molecular flexibility index (Phi) is 4.29. The molecule has 0 aliphatic carbocycles. The fourth-order valence-electron chi connectivity index (χ4n) is 2.27. The highest BCUT2D eigenvalue weighted by atomic mass is 19.1. The third kappa shape index (κ3) is 3.27. The predicted molar refractivity (Wildman–Crippen MR) is 84.6 cm³/mol. The monoisotopic (exact) mass is 328 g/mol. The van der Waals surface area contributed by atoms with Gasteiger partial charge in [0, 0.05) is 23.1 Å². The van der Waals surface area contributed by atoms with Crippen molar-refractivity contribution < 1.29 is 23.1 Å². The molecule has 0 amide bonds. The van der Waals surface area contributed by atoms with Gasteiger partial charge in [0.1, 0.15) is 23.8 Å². The highest BCUT2D eigenvalue weighted by Crippen LogP contribution is 2.23. The van der Waals surface area contributed by atoms with E-state index < -0.39 is 17.4 Å². The van der Waals surface area contributed by atoms with Crippen molar-refractivity contribution in [2.75, 3.05) is 7.11 Å². The van der Waals surface area contributed by atoms with Gasteiger partial charge in [-0.2, -0.15) is 0 Å². The van der Waals surface area contributed by atoms with Gasteiger partial charge in [-0.3, -0.25) is 0 Å². The summed E-state index contributed by atoms with van der Waals surface area (Å²) in [6.45, 7) is -0.107. The molecule has 0 unspecified atom stereocenters. The van der Waals surface area contributed by atoms with Crippen LogP contribution in [0.5, 0.6) is 5.75 Å². The number of halogens is 1. The van der Waals surface area contributed by atoms with Crippen LogP contribution in [-0.2, 0) is 11.3 Å². The number of methoxy groups -OCH3 is 1. The van der Waals surface area contributed by atoms with Gasteiger partial charge in [-0.15, -0.1) is 0 Å². The van der Waals surface area contributed by atoms with Gasteiger partial charge in [-0.1, -0.05) is 0 Å². The number of benzene rings is 2. The van der Waals surface area contributed by atoms with Crippen LogP contribution < -0.4 is 10.4 Å². The van der Waals surface area contributed by atoms with E-state index in [-0.39, 0.29) is 12.2 Å². The molecule has 1 aromatic heterocycles. The molecule has 0 bridgehead atoms. The molecule has 3 aromatic rings. The van der Waals surface area contributed by atoms with Gasteiger partial charge >= 0.3 is 11.6 Å². The number of hydrogen-bond acceptors (Lipinski definition) is 5.